The number of aryl methyl sites for hydroxylation is 1. The number of hydrogen-bond acceptors (Lipinski definition) is 0. The van der Waals surface area contributed by atoms with Crippen LogP contribution in [0.15, 0.2) is 90.5 Å². The summed E-state index contributed by atoms with van der Waals surface area (Å²) in [5, 5.41) is 5.46. The van der Waals surface area contributed by atoms with E-state index in [0.29, 0.717) is 5.92 Å². The number of rotatable bonds is 3. The minimum atomic E-state index is 0. The SMILES string of the molecule is Cc1[cH-]c2ccc3ccccc3c2c1C1C(C(C)C)=Cc2c(-c3ccc(C(C)(C)C)cc3)cccc21.[Cl-].[Cl-].[Zr+3]. The van der Waals surface area contributed by atoms with Crippen LogP contribution in [0.1, 0.15) is 68.4 Å². The summed E-state index contributed by atoms with van der Waals surface area (Å²) in [6, 6.07) is 31.9. The Morgan fingerprint density at radius 2 is 1.49 bits per heavy atom. The fourth-order valence-corrected chi connectivity index (χ4v) is 6.24. The molecule has 0 nitrogen and oxygen atoms in total. The molecule has 5 aromatic rings. The van der Waals surface area contributed by atoms with Gasteiger partial charge >= 0.3 is 26.2 Å². The van der Waals surface area contributed by atoms with Crippen molar-refractivity contribution in [2.24, 2.45) is 5.92 Å². The first-order valence-electron chi connectivity index (χ1n) is 13.3. The van der Waals surface area contributed by atoms with Gasteiger partial charge in [0.25, 0.3) is 0 Å². The second-order valence-corrected chi connectivity index (χ2v) is 11.9. The van der Waals surface area contributed by atoms with Crippen LogP contribution < -0.4 is 24.8 Å². The van der Waals surface area contributed by atoms with Crippen molar-refractivity contribution in [3.8, 4) is 11.1 Å². The van der Waals surface area contributed by atoms with Crippen LogP contribution >= 0.6 is 0 Å². The van der Waals surface area contributed by atoms with Crippen LogP contribution in [0.5, 0.6) is 0 Å². The summed E-state index contributed by atoms with van der Waals surface area (Å²) in [4.78, 5) is 0. The molecule has 0 aliphatic heterocycles. The Labute approximate surface area is 265 Å². The van der Waals surface area contributed by atoms with Crippen molar-refractivity contribution in [1.29, 1.82) is 0 Å². The molecule has 0 spiro atoms. The van der Waals surface area contributed by atoms with Gasteiger partial charge in [0, 0.05) is 0 Å². The summed E-state index contributed by atoms with van der Waals surface area (Å²) in [7, 11) is 0. The average Bonchev–Trinajstić information content (AvgIpc) is 3.40. The predicted molar refractivity (Wildman–Crippen MR) is 157 cm³/mol. The van der Waals surface area contributed by atoms with Gasteiger partial charge in [-0.3, -0.25) is 0 Å². The summed E-state index contributed by atoms with van der Waals surface area (Å²) in [5.41, 5.74) is 11.4. The maximum absolute atomic E-state index is 2.50. The van der Waals surface area contributed by atoms with Crippen LogP contribution in [0.2, 0.25) is 0 Å². The molecule has 0 fully saturated rings. The second kappa shape index (κ2) is 11.8. The molecule has 0 N–H and O–H groups in total. The van der Waals surface area contributed by atoms with Crippen molar-refractivity contribution in [2.45, 2.75) is 52.9 Å². The molecule has 1 aliphatic rings. The molecule has 0 saturated carbocycles. The van der Waals surface area contributed by atoms with E-state index in [-0.39, 0.29) is 62.4 Å². The van der Waals surface area contributed by atoms with Crippen molar-refractivity contribution >= 4 is 27.6 Å². The molecule has 1 atom stereocenters. The third-order valence-electron chi connectivity index (χ3n) is 8.14. The fourth-order valence-electron chi connectivity index (χ4n) is 6.24. The maximum Gasteiger partial charge on any atom is 3.00 e. The molecule has 3 heteroatoms. The summed E-state index contributed by atoms with van der Waals surface area (Å²) < 4.78 is 0. The summed E-state index contributed by atoms with van der Waals surface area (Å²) in [6.07, 6.45) is 2.50. The van der Waals surface area contributed by atoms with Crippen molar-refractivity contribution in [2.75, 3.05) is 0 Å². The van der Waals surface area contributed by atoms with E-state index in [1.165, 1.54) is 66.1 Å². The molecule has 1 unspecified atom stereocenters. The molecular weight excluding hydrogens is 595 g/mol. The standard InChI is InChI=1S/C36H35.2ClH.Zr/c1-22(2)31-21-32-28(25-16-18-27(19-17-25)36(4,5)6)12-9-13-30(32)35(31)33-23(3)20-26-15-14-24-10-7-8-11-29(24)34(26)33;;;/h7-22,35H,1-6H3;2*1H;/q-1;;;+3/p-2. The largest absolute Gasteiger partial charge is 3.00 e. The minimum absolute atomic E-state index is 0. The number of hydrogen-bond donors (Lipinski definition) is 0. The molecule has 0 amide bonds. The van der Waals surface area contributed by atoms with Crippen LogP contribution in [0.25, 0.3) is 38.7 Å². The van der Waals surface area contributed by atoms with E-state index in [4.69, 9.17) is 0 Å². The molecule has 197 valence electrons. The normalized spacial score (nSPS) is 14.4. The molecule has 0 bridgehead atoms. The fraction of sp³-hybridized carbons (Fsp3) is 0.250. The van der Waals surface area contributed by atoms with Gasteiger partial charge in [-0.05, 0) is 50.5 Å². The van der Waals surface area contributed by atoms with Gasteiger partial charge in [0.05, 0.1) is 0 Å². The molecule has 39 heavy (non-hydrogen) atoms. The van der Waals surface area contributed by atoms with E-state index in [1.807, 2.05) is 0 Å². The third-order valence-corrected chi connectivity index (χ3v) is 8.14. The summed E-state index contributed by atoms with van der Waals surface area (Å²) >= 11 is 0. The predicted octanol–water partition coefficient (Wildman–Crippen LogP) is 4.18. The molecule has 0 heterocycles. The molecule has 0 saturated heterocycles. The monoisotopic (exact) mass is 627 g/mol. The van der Waals surface area contributed by atoms with Gasteiger partial charge in [0.1, 0.15) is 0 Å². The van der Waals surface area contributed by atoms with Gasteiger partial charge in [0.2, 0.25) is 0 Å². The maximum atomic E-state index is 2.50. The van der Waals surface area contributed by atoms with E-state index >= 15 is 0 Å². The Morgan fingerprint density at radius 1 is 0.795 bits per heavy atom. The minimum Gasteiger partial charge on any atom is -1.00 e. The Balaban J connectivity index is 0.00000140. The zero-order chi connectivity index (χ0) is 25.2. The van der Waals surface area contributed by atoms with Crippen LogP contribution in [0.3, 0.4) is 0 Å². The van der Waals surface area contributed by atoms with Crippen molar-refractivity contribution in [3.63, 3.8) is 0 Å². The van der Waals surface area contributed by atoms with Crippen molar-refractivity contribution in [3.05, 3.63) is 118 Å². The van der Waals surface area contributed by atoms with E-state index in [1.54, 1.807) is 0 Å². The van der Waals surface area contributed by atoms with Crippen molar-refractivity contribution in [1.82, 2.24) is 0 Å². The number of allylic oxidation sites excluding steroid dienone is 1. The van der Waals surface area contributed by atoms with Crippen LogP contribution in [0, 0.1) is 12.8 Å². The summed E-state index contributed by atoms with van der Waals surface area (Å²) in [5.74, 6) is 0.759. The van der Waals surface area contributed by atoms with Crippen LogP contribution in [-0.4, -0.2) is 0 Å². The second-order valence-electron chi connectivity index (χ2n) is 11.9. The van der Waals surface area contributed by atoms with Crippen LogP contribution in [0.4, 0.5) is 0 Å². The Bertz CT molecular complexity index is 1650. The zero-order valence-corrected chi connectivity index (χ0v) is 27.5. The first-order chi connectivity index (χ1) is 17.2. The van der Waals surface area contributed by atoms with E-state index in [2.05, 4.69) is 133 Å². The smallest absolute Gasteiger partial charge is 1.00 e. The van der Waals surface area contributed by atoms with E-state index < -0.39 is 0 Å². The van der Waals surface area contributed by atoms with Gasteiger partial charge in [0.15, 0.2) is 0 Å². The average molecular weight is 630 g/mol. The first-order valence-corrected chi connectivity index (χ1v) is 13.3. The molecule has 5 aromatic carbocycles. The Hall–Kier alpha value is -2.05. The van der Waals surface area contributed by atoms with Crippen LogP contribution in [-0.2, 0) is 31.6 Å². The summed E-state index contributed by atoms with van der Waals surface area (Å²) in [6.45, 7) is 13.8. The zero-order valence-electron chi connectivity index (χ0n) is 23.6. The van der Waals surface area contributed by atoms with Gasteiger partial charge in [-0.2, -0.15) is 0 Å². The molecular formula is C36H35Cl2Zr. The van der Waals surface area contributed by atoms with Gasteiger partial charge in [-0.1, -0.05) is 131 Å². The van der Waals surface area contributed by atoms with Crippen molar-refractivity contribution < 1.29 is 51.0 Å². The molecule has 0 aromatic heterocycles. The van der Waals surface area contributed by atoms with Gasteiger partial charge in [-0.25, -0.2) is 0 Å². The quantitative estimate of drug-likeness (QED) is 0.263. The van der Waals surface area contributed by atoms with Gasteiger partial charge < -0.3 is 24.8 Å². The number of benzene rings is 4. The number of fused-ring (bicyclic) bond motifs is 4. The third kappa shape index (κ3) is 5.36. The number of halogens is 2. The topological polar surface area (TPSA) is 0 Å². The molecule has 1 aliphatic carbocycles. The molecule has 1 radical (unpaired) electrons. The van der Waals surface area contributed by atoms with E-state index in [9.17, 15) is 0 Å². The first kappa shape index (κ1) is 31.5. The Kier molecular flexibility index (Phi) is 9.54. The van der Waals surface area contributed by atoms with Gasteiger partial charge in [-0.15, -0.1) is 34.0 Å². The van der Waals surface area contributed by atoms with E-state index in [0.717, 1.165) is 0 Å². The Morgan fingerprint density at radius 3 is 2.15 bits per heavy atom. The molecule has 6 rings (SSSR count).